The highest BCUT2D eigenvalue weighted by molar-refractivity contribution is 7.93. The molecule has 0 saturated carbocycles. The number of nitrogens with one attached hydrogen (secondary N) is 2. The Morgan fingerprint density at radius 3 is 1.59 bits per heavy atom. The molecule has 3 rings (SSSR count). The second-order valence-corrected chi connectivity index (χ2v) is 10.2. The highest BCUT2D eigenvalue weighted by Gasteiger charge is 2.17. The van der Waals surface area contributed by atoms with Crippen LogP contribution in [0, 0.1) is 20.8 Å². The second-order valence-electron chi connectivity index (χ2n) is 6.87. The highest BCUT2D eigenvalue weighted by Crippen LogP contribution is 2.23. The maximum Gasteiger partial charge on any atom is 0.262 e. The average molecular weight is 431 g/mol. The Morgan fingerprint density at radius 1 is 0.586 bits per heavy atom. The first-order valence-corrected chi connectivity index (χ1v) is 11.8. The predicted octanol–water partition coefficient (Wildman–Crippen LogP) is 4.21. The van der Waals surface area contributed by atoms with Crippen molar-refractivity contribution >= 4 is 31.4 Å². The normalized spacial score (nSPS) is 11.8. The third-order valence-electron chi connectivity index (χ3n) is 4.34. The number of anilines is 2. The third-order valence-corrected chi connectivity index (χ3v) is 7.28. The predicted molar refractivity (Wildman–Crippen MR) is 115 cm³/mol. The van der Waals surface area contributed by atoms with Crippen molar-refractivity contribution in [3.05, 3.63) is 83.4 Å². The van der Waals surface area contributed by atoms with E-state index in [1.807, 2.05) is 13.8 Å². The van der Waals surface area contributed by atoms with Crippen LogP contribution in [0.15, 0.2) is 76.5 Å². The summed E-state index contributed by atoms with van der Waals surface area (Å²) in [5, 5.41) is 0. The van der Waals surface area contributed by atoms with Crippen molar-refractivity contribution in [2.45, 2.75) is 30.6 Å². The van der Waals surface area contributed by atoms with Gasteiger partial charge >= 0.3 is 0 Å². The van der Waals surface area contributed by atoms with Crippen LogP contribution >= 0.6 is 0 Å². The summed E-state index contributed by atoms with van der Waals surface area (Å²) in [5.41, 5.74) is 3.26. The van der Waals surface area contributed by atoms with E-state index in [0.717, 1.165) is 11.1 Å². The first kappa shape index (κ1) is 20.9. The van der Waals surface area contributed by atoms with E-state index in [2.05, 4.69) is 9.44 Å². The standard InChI is InChI=1S/C21H22N2O4S2/c1-15-4-11-20(12-5-15)28(24,25)22-18-7-9-19(10-8-18)23-29(26,27)21-13-6-16(2)14-17(21)3/h4-14,22-23H,1-3H3. The van der Waals surface area contributed by atoms with Crippen molar-refractivity contribution in [2.75, 3.05) is 9.44 Å². The Balaban J connectivity index is 1.77. The summed E-state index contributed by atoms with van der Waals surface area (Å²) in [6.07, 6.45) is 0. The molecule has 0 unspecified atom stereocenters. The highest BCUT2D eigenvalue weighted by atomic mass is 32.2. The molecule has 2 N–H and O–H groups in total. The molecule has 29 heavy (non-hydrogen) atoms. The van der Waals surface area contributed by atoms with Crippen LogP contribution in [0.5, 0.6) is 0 Å². The van der Waals surface area contributed by atoms with E-state index in [0.29, 0.717) is 16.9 Å². The lowest BCUT2D eigenvalue weighted by Gasteiger charge is -2.12. The minimum Gasteiger partial charge on any atom is -0.280 e. The summed E-state index contributed by atoms with van der Waals surface area (Å²) in [5.74, 6) is 0. The molecule has 3 aromatic rings. The van der Waals surface area contributed by atoms with E-state index in [1.165, 1.54) is 36.4 Å². The van der Waals surface area contributed by atoms with E-state index in [1.54, 1.807) is 37.3 Å². The van der Waals surface area contributed by atoms with Gasteiger partial charge in [-0.05, 0) is 68.8 Å². The molecule has 0 radical (unpaired) electrons. The summed E-state index contributed by atoms with van der Waals surface area (Å²) in [4.78, 5) is 0.356. The molecular formula is C21H22N2O4S2. The van der Waals surface area contributed by atoms with Crippen LogP contribution in [0.2, 0.25) is 0 Å². The van der Waals surface area contributed by atoms with Crippen LogP contribution < -0.4 is 9.44 Å². The fourth-order valence-electron chi connectivity index (χ4n) is 2.85. The molecular weight excluding hydrogens is 408 g/mol. The van der Waals surface area contributed by atoms with Crippen LogP contribution in [0.1, 0.15) is 16.7 Å². The molecule has 0 atom stereocenters. The van der Waals surface area contributed by atoms with Gasteiger partial charge in [0.2, 0.25) is 0 Å². The Bertz CT molecular complexity index is 1230. The average Bonchev–Trinajstić information content (AvgIpc) is 2.63. The van der Waals surface area contributed by atoms with Crippen molar-refractivity contribution in [1.82, 2.24) is 0 Å². The lowest BCUT2D eigenvalue weighted by Crippen LogP contribution is -2.15. The Hall–Kier alpha value is -2.84. The maximum absolute atomic E-state index is 12.6. The van der Waals surface area contributed by atoms with Crippen LogP contribution in [0.25, 0.3) is 0 Å². The molecule has 0 aliphatic heterocycles. The SMILES string of the molecule is Cc1ccc(S(=O)(=O)Nc2ccc(NS(=O)(=O)c3ccc(C)cc3C)cc2)cc1. The van der Waals surface area contributed by atoms with Crippen LogP contribution in [0.4, 0.5) is 11.4 Å². The van der Waals surface area contributed by atoms with Gasteiger partial charge in [0.15, 0.2) is 0 Å². The molecule has 0 aromatic heterocycles. The monoisotopic (exact) mass is 430 g/mol. The zero-order valence-electron chi connectivity index (χ0n) is 16.3. The van der Waals surface area contributed by atoms with Gasteiger partial charge in [0.1, 0.15) is 0 Å². The van der Waals surface area contributed by atoms with E-state index >= 15 is 0 Å². The lowest BCUT2D eigenvalue weighted by molar-refractivity contribution is 0.599. The van der Waals surface area contributed by atoms with Gasteiger partial charge in [-0.1, -0.05) is 35.4 Å². The van der Waals surface area contributed by atoms with Crippen molar-refractivity contribution in [1.29, 1.82) is 0 Å². The fourth-order valence-corrected chi connectivity index (χ4v) is 5.19. The largest absolute Gasteiger partial charge is 0.280 e. The van der Waals surface area contributed by atoms with Gasteiger partial charge in [-0.3, -0.25) is 9.44 Å². The lowest BCUT2D eigenvalue weighted by atomic mass is 10.2. The maximum atomic E-state index is 12.6. The first-order chi connectivity index (χ1) is 13.6. The van der Waals surface area contributed by atoms with Crippen molar-refractivity contribution in [3.8, 4) is 0 Å². The van der Waals surface area contributed by atoms with Crippen LogP contribution in [0.3, 0.4) is 0 Å². The van der Waals surface area contributed by atoms with E-state index in [-0.39, 0.29) is 9.79 Å². The summed E-state index contributed by atoms with van der Waals surface area (Å²) in [6, 6.07) is 17.6. The molecule has 6 nitrogen and oxygen atoms in total. The van der Waals surface area contributed by atoms with Gasteiger partial charge in [-0.25, -0.2) is 16.8 Å². The molecule has 0 spiro atoms. The van der Waals surface area contributed by atoms with Gasteiger partial charge < -0.3 is 0 Å². The molecule has 8 heteroatoms. The number of hydrogen-bond acceptors (Lipinski definition) is 4. The van der Waals surface area contributed by atoms with Crippen LogP contribution in [-0.2, 0) is 20.0 Å². The minimum absolute atomic E-state index is 0.155. The number of benzene rings is 3. The number of sulfonamides is 2. The summed E-state index contributed by atoms with van der Waals surface area (Å²) < 4.78 is 55.2. The molecule has 0 saturated heterocycles. The van der Waals surface area contributed by atoms with E-state index in [9.17, 15) is 16.8 Å². The molecule has 0 heterocycles. The number of aryl methyl sites for hydroxylation is 3. The Morgan fingerprint density at radius 2 is 1.07 bits per heavy atom. The minimum atomic E-state index is -3.74. The van der Waals surface area contributed by atoms with Crippen molar-refractivity contribution in [2.24, 2.45) is 0 Å². The zero-order valence-corrected chi connectivity index (χ0v) is 17.9. The van der Waals surface area contributed by atoms with Crippen LogP contribution in [-0.4, -0.2) is 16.8 Å². The molecule has 0 fully saturated rings. The summed E-state index contributed by atoms with van der Waals surface area (Å²) in [7, 11) is -7.46. The molecule has 0 bridgehead atoms. The van der Waals surface area contributed by atoms with Crippen molar-refractivity contribution in [3.63, 3.8) is 0 Å². The van der Waals surface area contributed by atoms with Gasteiger partial charge in [0.25, 0.3) is 20.0 Å². The molecule has 0 amide bonds. The molecule has 0 aliphatic carbocycles. The Kier molecular flexibility index (Phi) is 5.68. The number of hydrogen-bond donors (Lipinski definition) is 2. The molecule has 0 aliphatic rings. The van der Waals surface area contributed by atoms with E-state index in [4.69, 9.17) is 0 Å². The van der Waals surface area contributed by atoms with Gasteiger partial charge in [-0.15, -0.1) is 0 Å². The zero-order chi connectivity index (χ0) is 21.2. The third kappa shape index (κ3) is 4.96. The topological polar surface area (TPSA) is 92.3 Å². The van der Waals surface area contributed by atoms with E-state index < -0.39 is 20.0 Å². The summed E-state index contributed by atoms with van der Waals surface area (Å²) in [6.45, 7) is 5.51. The molecule has 3 aromatic carbocycles. The second kappa shape index (κ2) is 7.88. The van der Waals surface area contributed by atoms with Crippen molar-refractivity contribution < 1.29 is 16.8 Å². The van der Waals surface area contributed by atoms with Gasteiger partial charge in [0, 0.05) is 11.4 Å². The first-order valence-electron chi connectivity index (χ1n) is 8.86. The smallest absolute Gasteiger partial charge is 0.262 e. The summed E-state index contributed by atoms with van der Waals surface area (Å²) >= 11 is 0. The van der Waals surface area contributed by atoms with Gasteiger partial charge in [-0.2, -0.15) is 0 Å². The fraction of sp³-hybridized carbons (Fsp3) is 0.143. The quantitative estimate of drug-likeness (QED) is 0.613. The molecule has 152 valence electrons. The number of rotatable bonds is 6. The van der Waals surface area contributed by atoms with Gasteiger partial charge in [0.05, 0.1) is 9.79 Å². The Labute approximate surface area is 171 Å².